The minimum atomic E-state index is -4.96. The number of aliphatic hydroxyl groups excluding tert-OH is 1. The van der Waals surface area contributed by atoms with Gasteiger partial charge in [-0.15, -0.1) is 0 Å². The standard InChI is InChI=1S/C80H156O17P2/c1-7-9-11-13-15-17-19-21-23-24-26-28-34-40-47-53-59-65-80(85)96-75(68-90-77(82)62-56-50-44-38-32-30-29-31-36-42-48-54-60-72(3)4)70-94-98(86,87)92-66-74(81)67-93-99(88,89)95-71-76(69-91-78(83)63-57-51-45-41-35-37-43-49-55-61-73(5)6)97-79(84)64-58-52-46-39-33-27-25-22-20-18-16-14-12-10-8-2/h72-76,81H,7-71H2,1-6H3,(H,86,87)(H,88,89)/t74-,75-,76-/m1/s1. The molecule has 19 heteroatoms. The van der Waals surface area contributed by atoms with E-state index in [1.165, 1.54) is 238 Å². The third-order valence-corrected chi connectivity index (χ3v) is 20.6. The van der Waals surface area contributed by atoms with Gasteiger partial charge in [-0.1, -0.05) is 369 Å². The van der Waals surface area contributed by atoms with Crippen molar-refractivity contribution in [3.63, 3.8) is 0 Å². The molecule has 5 atom stereocenters. The van der Waals surface area contributed by atoms with E-state index in [2.05, 4.69) is 41.5 Å². The van der Waals surface area contributed by atoms with Crippen LogP contribution in [0.5, 0.6) is 0 Å². The lowest BCUT2D eigenvalue weighted by atomic mass is 10.0. The molecule has 0 aliphatic heterocycles. The second-order valence-corrected chi connectivity index (χ2v) is 32.7. The summed E-state index contributed by atoms with van der Waals surface area (Å²) >= 11 is 0. The van der Waals surface area contributed by atoms with Crippen LogP contribution in [0.25, 0.3) is 0 Å². The number of hydrogen-bond donors (Lipinski definition) is 3. The van der Waals surface area contributed by atoms with Gasteiger partial charge in [0.15, 0.2) is 12.2 Å². The van der Waals surface area contributed by atoms with Crippen LogP contribution in [-0.4, -0.2) is 96.7 Å². The highest BCUT2D eigenvalue weighted by Gasteiger charge is 2.30. The number of rotatable bonds is 79. The fraction of sp³-hybridized carbons (Fsp3) is 0.950. The van der Waals surface area contributed by atoms with E-state index in [-0.39, 0.29) is 25.7 Å². The average Bonchev–Trinajstić information content (AvgIpc) is 0.995. The van der Waals surface area contributed by atoms with Crippen molar-refractivity contribution in [2.24, 2.45) is 11.8 Å². The topological polar surface area (TPSA) is 237 Å². The van der Waals surface area contributed by atoms with Gasteiger partial charge in [0.25, 0.3) is 0 Å². The van der Waals surface area contributed by atoms with Crippen molar-refractivity contribution >= 4 is 39.5 Å². The number of carbonyl (C=O) groups is 4. The van der Waals surface area contributed by atoms with Crippen LogP contribution in [0.3, 0.4) is 0 Å². The molecule has 0 aliphatic rings. The highest BCUT2D eigenvalue weighted by Crippen LogP contribution is 2.45. The number of aliphatic hydroxyl groups is 1. The Morgan fingerprint density at radius 3 is 0.687 bits per heavy atom. The third kappa shape index (κ3) is 74.1. The predicted molar refractivity (Wildman–Crippen MR) is 405 cm³/mol. The van der Waals surface area contributed by atoms with Crippen molar-refractivity contribution in [1.29, 1.82) is 0 Å². The van der Waals surface area contributed by atoms with Gasteiger partial charge >= 0.3 is 39.5 Å². The maximum atomic E-state index is 13.1. The molecule has 0 aromatic rings. The molecule has 0 radical (unpaired) electrons. The zero-order valence-electron chi connectivity index (χ0n) is 64.8. The summed E-state index contributed by atoms with van der Waals surface area (Å²) in [4.78, 5) is 73.0. The average molecular weight is 1450 g/mol. The molecular formula is C80H156O17P2. The van der Waals surface area contributed by atoms with E-state index in [1.54, 1.807) is 0 Å². The van der Waals surface area contributed by atoms with E-state index >= 15 is 0 Å². The molecular weight excluding hydrogens is 1290 g/mol. The minimum absolute atomic E-state index is 0.108. The summed E-state index contributed by atoms with van der Waals surface area (Å²) in [6.07, 6.45) is 60.9. The fourth-order valence-electron chi connectivity index (χ4n) is 12.4. The van der Waals surface area contributed by atoms with Gasteiger partial charge in [0.1, 0.15) is 19.3 Å². The van der Waals surface area contributed by atoms with Gasteiger partial charge < -0.3 is 33.8 Å². The monoisotopic (exact) mass is 1450 g/mol. The molecule has 588 valence electrons. The van der Waals surface area contributed by atoms with Crippen LogP contribution < -0.4 is 0 Å². The lowest BCUT2D eigenvalue weighted by Crippen LogP contribution is -2.30. The highest BCUT2D eigenvalue weighted by atomic mass is 31.2. The van der Waals surface area contributed by atoms with Gasteiger partial charge in [0, 0.05) is 25.7 Å². The molecule has 0 aromatic heterocycles. The fourth-order valence-corrected chi connectivity index (χ4v) is 13.9. The Morgan fingerprint density at radius 2 is 0.465 bits per heavy atom. The second kappa shape index (κ2) is 71.7. The number of phosphoric ester groups is 2. The van der Waals surface area contributed by atoms with E-state index in [1.807, 2.05) is 0 Å². The van der Waals surface area contributed by atoms with E-state index in [9.17, 15) is 43.2 Å². The van der Waals surface area contributed by atoms with Gasteiger partial charge in [-0.05, 0) is 37.5 Å². The van der Waals surface area contributed by atoms with Crippen molar-refractivity contribution in [2.75, 3.05) is 39.6 Å². The molecule has 0 saturated carbocycles. The number of esters is 4. The molecule has 0 bridgehead atoms. The Morgan fingerprint density at radius 1 is 0.273 bits per heavy atom. The Hall–Kier alpha value is -1.94. The Kier molecular flexibility index (Phi) is 70.3. The number of ether oxygens (including phenoxy) is 4. The summed E-state index contributed by atoms with van der Waals surface area (Å²) in [6, 6.07) is 0. The third-order valence-electron chi connectivity index (χ3n) is 18.7. The Balaban J connectivity index is 5.27. The lowest BCUT2D eigenvalue weighted by molar-refractivity contribution is -0.161. The second-order valence-electron chi connectivity index (χ2n) is 29.8. The van der Waals surface area contributed by atoms with E-state index in [0.717, 1.165) is 102 Å². The SMILES string of the molecule is CCCCCCCCCCCCCCCCCCCC(=O)O[C@H](COC(=O)CCCCCCCCCCCCCCC(C)C)COP(=O)(O)OC[C@@H](O)COP(=O)(O)OC[C@@H](COC(=O)CCCCCCCCCCCC(C)C)OC(=O)CCCCCCCCCCCCCCCCC. The summed E-state index contributed by atoms with van der Waals surface area (Å²) in [5.41, 5.74) is 0. The van der Waals surface area contributed by atoms with Crippen molar-refractivity contribution in [3.05, 3.63) is 0 Å². The normalized spacial score (nSPS) is 13.9. The molecule has 0 rings (SSSR count). The van der Waals surface area contributed by atoms with Crippen LogP contribution in [0.4, 0.5) is 0 Å². The summed E-state index contributed by atoms with van der Waals surface area (Å²) in [5.74, 6) is -0.582. The first-order valence-electron chi connectivity index (χ1n) is 41.5. The molecule has 2 unspecified atom stereocenters. The van der Waals surface area contributed by atoms with Gasteiger partial charge in [-0.25, -0.2) is 9.13 Å². The van der Waals surface area contributed by atoms with Crippen molar-refractivity contribution in [2.45, 2.75) is 439 Å². The molecule has 0 heterocycles. The summed E-state index contributed by atoms with van der Waals surface area (Å²) in [7, 11) is -9.92. The van der Waals surface area contributed by atoms with Crippen LogP contribution in [0, 0.1) is 11.8 Å². The molecule has 0 spiro atoms. The number of hydrogen-bond acceptors (Lipinski definition) is 15. The number of carbonyl (C=O) groups excluding carboxylic acids is 4. The molecule has 3 N–H and O–H groups in total. The zero-order chi connectivity index (χ0) is 72.8. The maximum absolute atomic E-state index is 13.1. The van der Waals surface area contributed by atoms with Gasteiger partial charge in [-0.3, -0.25) is 37.3 Å². The van der Waals surface area contributed by atoms with E-state index in [0.29, 0.717) is 25.7 Å². The minimum Gasteiger partial charge on any atom is -0.462 e. The number of phosphoric acid groups is 2. The van der Waals surface area contributed by atoms with E-state index in [4.69, 9.17) is 37.0 Å². The van der Waals surface area contributed by atoms with Crippen LogP contribution >= 0.6 is 15.6 Å². The Labute approximate surface area is 607 Å². The highest BCUT2D eigenvalue weighted by molar-refractivity contribution is 7.47. The van der Waals surface area contributed by atoms with E-state index < -0.39 is 97.5 Å². The largest absolute Gasteiger partial charge is 0.472 e. The van der Waals surface area contributed by atoms with Crippen molar-refractivity contribution in [1.82, 2.24) is 0 Å². The smallest absolute Gasteiger partial charge is 0.462 e. The van der Waals surface area contributed by atoms with Gasteiger partial charge in [-0.2, -0.15) is 0 Å². The lowest BCUT2D eigenvalue weighted by Gasteiger charge is -2.21. The molecule has 0 amide bonds. The first-order valence-corrected chi connectivity index (χ1v) is 44.5. The van der Waals surface area contributed by atoms with Crippen LogP contribution in [0.1, 0.15) is 420 Å². The molecule has 0 aliphatic carbocycles. The maximum Gasteiger partial charge on any atom is 0.472 e. The van der Waals surface area contributed by atoms with Crippen molar-refractivity contribution < 1.29 is 80.2 Å². The van der Waals surface area contributed by atoms with Gasteiger partial charge in [0.2, 0.25) is 0 Å². The quantitative estimate of drug-likeness (QED) is 0.0222. The molecule has 0 saturated heterocycles. The molecule has 17 nitrogen and oxygen atoms in total. The first kappa shape index (κ1) is 97.1. The molecule has 0 fully saturated rings. The summed E-state index contributed by atoms with van der Waals surface area (Å²) < 4.78 is 68.7. The van der Waals surface area contributed by atoms with Crippen LogP contribution in [0.15, 0.2) is 0 Å². The molecule has 99 heavy (non-hydrogen) atoms. The summed E-state index contributed by atoms with van der Waals surface area (Å²) in [6.45, 7) is 9.63. The van der Waals surface area contributed by atoms with Crippen molar-refractivity contribution in [3.8, 4) is 0 Å². The summed E-state index contributed by atoms with van der Waals surface area (Å²) in [5, 5.41) is 10.6. The predicted octanol–water partition coefficient (Wildman–Crippen LogP) is 23.9. The number of unbranched alkanes of at least 4 members (excludes halogenated alkanes) is 49. The zero-order valence-corrected chi connectivity index (χ0v) is 66.6. The molecule has 0 aromatic carbocycles. The first-order chi connectivity index (χ1) is 47.9. The van der Waals surface area contributed by atoms with Crippen LogP contribution in [0.2, 0.25) is 0 Å². The van der Waals surface area contributed by atoms with Crippen LogP contribution in [-0.2, 0) is 65.4 Å². The van der Waals surface area contributed by atoms with Gasteiger partial charge in [0.05, 0.1) is 26.4 Å². The Bertz CT molecular complexity index is 1910.